The second-order valence-electron chi connectivity index (χ2n) is 6.42. The van der Waals surface area contributed by atoms with Gasteiger partial charge in [-0.2, -0.15) is 5.26 Å². The van der Waals surface area contributed by atoms with Crippen molar-refractivity contribution < 1.29 is 4.79 Å². The van der Waals surface area contributed by atoms with E-state index in [9.17, 15) is 10.1 Å². The van der Waals surface area contributed by atoms with E-state index in [4.69, 9.17) is 23.2 Å². The van der Waals surface area contributed by atoms with E-state index in [-0.39, 0.29) is 5.41 Å². The molecule has 0 radical (unpaired) electrons. The summed E-state index contributed by atoms with van der Waals surface area (Å²) in [5.41, 5.74) is 1.90. The lowest BCUT2D eigenvalue weighted by Gasteiger charge is -2.33. The highest BCUT2D eigenvalue weighted by Gasteiger charge is 2.32. The van der Waals surface area contributed by atoms with Crippen LogP contribution in [0.5, 0.6) is 0 Å². The van der Waals surface area contributed by atoms with Gasteiger partial charge in [-0.05, 0) is 36.2 Å². The molecule has 0 fully saturated rings. The molecule has 1 heterocycles. The molecule has 0 aromatic carbocycles. The number of carbonyl (C=O) groups is 1. The third-order valence-corrected chi connectivity index (χ3v) is 5.60. The molecule has 1 aromatic rings. The van der Waals surface area contributed by atoms with Gasteiger partial charge in [0.1, 0.15) is 11.1 Å². The summed E-state index contributed by atoms with van der Waals surface area (Å²) in [7, 11) is 0. The van der Waals surface area contributed by atoms with E-state index in [2.05, 4.69) is 32.2 Å². The van der Waals surface area contributed by atoms with Crippen molar-refractivity contribution in [3.63, 3.8) is 0 Å². The van der Waals surface area contributed by atoms with Gasteiger partial charge < -0.3 is 5.32 Å². The fraction of sp³-hybridized carbons (Fsp3) is 0.600. The van der Waals surface area contributed by atoms with Crippen molar-refractivity contribution in [2.45, 2.75) is 44.9 Å². The van der Waals surface area contributed by atoms with E-state index in [0.29, 0.717) is 16.5 Å². The maximum absolute atomic E-state index is 11.6. The predicted molar refractivity (Wildman–Crippen MR) is 88.1 cm³/mol. The minimum absolute atomic E-state index is 0.245. The summed E-state index contributed by atoms with van der Waals surface area (Å²) >= 11 is 12.6. The number of rotatable bonds is 2. The Balaban J connectivity index is 2.30. The molecule has 1 N–H and O–H groups in total. The van der Waals surface area contributed by atoms with Crippen molar-refractivity contribution in [3.05, 3.63) is 16.0 Å². The molecule has 6 heteroatoms. The van der Waals surface area contributed by atoms with Gasteiger partial charge in [-0.3, -0.25) is 4.79 Å². The molecule has 0 saturated heterocycles. The van der Waals surface area contributed by atoms with Gasteiger partial charge in [0.2, 0.25) is 0 Å². The van der Waals surface area contributed by atoms with Gasteiger partial charge in [-0.15, -0.1) is 11.3 Å². The molecule has 3 nitrogen and oxygen atoms in total. The minimum atomic E-state index is -1.13. The van der Waals surface area contributed by atoms with Gasteiger partial charge >= 0.3 is 0 Å². The third-order valence-electron chi connectivity index (χ3n) is 4.04. The molecular weight excluding hydrogens is 327 g/mol. The molecule has 0 spiro atoms. The first-order valence-corrected chi connectivity index (χ1v) is 8.56. The largest absolute Gasteiger partial charge is 0.314 e. The van der Waals surface area contributed by atoms with Crippen LogP contribution in [0, 0.1) is 22.7 Å². The lowest BCUT2D eigenvalue weighted by molar-refractivity contribution is -0.114. The summed E-state index contributed by atoms with van der Waals surface area (Å²) in [6, 6.07) is 2.21. The number of fused-ring (bicyclic) bond motifs is 1. The topological polar surface area (TPSA) is 52.9 Å². The van der Waals surface area contributed by atoms with Crippen molar-refractivity contribution in [1.82, 2.24) is 0 Å². The highest BCUT2D eigenvalue weighted by atomic mass is 35.5. The normalized spacial score (nSPS) is 18.2. The van der Waals surface area contributed by atoms with Gasteiger partial charge in [0.15, 0.2) is 4.84 Å². The Labute approximate surface area is 139 Å². The number of nitriles is 1. The molecule has 0 unspecified atom stereocenters. The Morgan fingerprint density at radius 2 is 2.14 bits per heavy atom. The van der Waals surface area contributed by atoms with Crippen molar-refractivity contribution in [2.75, 3.05) is 5.32 Å². The standard InChI is InChI=1S/C15H18Cl2N2OS/c1-15(2,3)8-4-5-9-10(7-18)14(21-11(9)6-8)19-13(20)12(16)17/h8,12H,4-6H2,1-3H3,(H,19,20)/t8-/m0/s1. The molecule has 2 rings (SSSR count). The van der Waals surface area contributed by atoms with Crippen LogP contribution in [0.15, 0.2) is 0 Å². The first-order chi connectivity index (χ1) is 9.74. The first kappa shape index (κ1) is 16.6. The SMILES string of the molecule is CC(C)(C)[C@H]1CCc2c(sc(NC(=O)C(Cl)Cl)c2C#N)C1. The number of nitrogens with zero attached hydrogens (tertiary/aromatic N) is 1. The average Bonchev–Trinajstić information content (AvgIpc) is 2.73. The Kier molecular flexibility index (Phi) is 4.87. The molecule has 0 bridgehead atoms. The second kappa shape index (κ2) is 6.16. The molecule has 21 heavy (non-hydrogen) atoms. The van der Waals surface area contributed by atoms with E-state index < -0.39 is 10.7 Å². The monoisotopic (exact) mass is 344 g/mol. The van der Waals surface area contributed by atoms with Crippen LogP contribution in [0.3, 0.4) is 0 Å². The summed E-state index contributed by atoms with van der Waals surface area (Å²) < 4.78 is 0. The number of halogens is 2. The van der Waals surface area contributed by atoms with E-state index in [0.717, 1.165) is 24.8 Å². The number of alkyl halides is 2. The van der Waals surface area contributed by atoms with Crippen LogP contribution in [0.1, 0.15) is 43.2 Å². The molecule has 1 amide bonds. The highest BCUT2D eigenvalue weighted by Crippen LogP contribution is 2.44. The van der Waals surface area contributed by atoms with Crippen LogP contribution in [0.2, 0.25) is 0 Å². The van der Waals surface area contributed by atoms with Gasteiger partial charge in [0, 0.05) is 4.88 Å². The fourth-order valence-corrected chi connectivity index (χ4v) is 4.09. The van der Waals surface area contributed by atoms with Gasteiger partial charge in [0.25, 0.3) is 5.91 Å². The lowest BCUT2D eigenvalue weighted by Crippen LogP contribution is -2.26. The van der Waals surface area contributed by atoms with Crippen molar-refractivity contribution in [2.24, 2.45) is 11.3 Å². The quantitative estimate of drug-likeness (QED) is 0.802. The first-order valence-electron chi connectivity index (χ1n) is 6.87. The van der Waals surface area contributed by atoms with Crippen LogP contribution in [-0.4, -0.2) is 10.7 Å². The fourth-order valence-electron chi connectivity index (χ4n) is 2.70. The number of anilines is 1. The summed E-state index contributed by atoms with van der Waals surface area (Å²) in [6.07, 6.45) is 2.92. The predicted octanol–water partition coefficient (Wildman–Crippen LogP) is 4.51. The maximum Gasteiger partial charge on any atom is 0.258 e. The van der Waals surface area contributed by atoms with E-state index in [1.807, 2.05) is 0 Å². The number of thiophene rings is 1. The van der Waals surface area contributed by atoms with E-state index in [1.54, 1.807) is 0 Å². The van der Waals surface area contributed by atoms with Crippen molar-refractivity contribution in [3.8, 4) is 6.07 Å². The van der Waals surface area contributed by atoms with E-state index in [1.165, 1.54) is 16.2 Å². The summed E-state index contributed by atoms with van der Waals surface area (Å²) in [6.45, 7) is 6.74. The zero-order chi connectivity index (χ0) is 15.8. The number of amides is 1. The number of carbonyl (C=O) groups excluding carboxylic acids is 1. The third kappa shape index (κ3) is 3.53. The number of hydrogen-bond donors (Lipinski definition) is 1. The molecule has 0 saturated carbocycles. The molecule has 0 aliphatic heterocycles. The van der Waals surface area contributed by atoms with Gasteiger partial charge in [-0.1, -0.05) is 44.0 Å². The molecule has 1 aliphatic carbocycles. The van der Waals surface area contributed by atoms with Crippen molar-refractivity contribution >= 4 is 45.4 Å². The average molecular weight is 345 g/mol. The second-order valence-corrected chi connectivity index (χ2v) is 8.62. The Hall–Kier alpha value is -0.760. The van der Waals surface area contributed by atoms with Crippen LogP contribution < -0.4 is 5.32 Å². The zero-order valence-corrected chi connectivity index (χ0v) is 14.6. The molecule has 1 aromatic heterocycles. The minimum Gasteiger partial charge on any atom is -0.314 e. The van der Waals surface area contributed by atoms with Gasteiger partial charge in [-0.25, -0.2) is 0 Å². The summed E-state index contributed by atoms with van der Waals surface area (Å²) in [4.78, 5) is 11.7. The number of nitrogens with one attached hydrogen (secondary N) is 1. The lowest BCUT2D eigenvalue weighted by atomic mass is 9.72. The van der Waals surface area contributed by atoms with Gasteiger partial charge in [0.05, 0.1) is 5.56 Å². The summed E-state index contributed by atoms with van der Waals surface area (Å²) in [5.74, 6) is 0.105. The van der Waals surface area contributed by atoms with E-state index >= 15 is 0 Å². The Bertz CT molecular complexity index is 596. The van der Waals surface area contributed by atoms with Crippen molar-refractivity contribution in [1.29, 1.82) is 5.26 Å². The maximum atomic E-state index is 11.6. The molecule has 1 aliphatic rings. The molecular formula is C15H18Cl2N2OS. The van der Waals surface area contributed by atoms with Crippen LogP contribution in [-0.2, 0) is 17.6 Å². The Morgan fingerprint density at radius 1 is 1.48 bits per heavy atom. The Morgan fingerprint density at radius 3 is 2.67 bits per heavy atom. The smallest absolute Gasteiger partial charge is 0.258 e. The zero-order valence-electron chi connectivity index (χ0n) is 12.3. The summed E-state index contributed by atoms with van der Waals surface area (Å²) in [5, 5.41) is 12.6. The molecule has 1 atom stereocenters. The molecule has 114 valence electrons. The highest BCUT2D eigenvalue weighted by molar-refractivity contribution is 7.16. The number of hydrogen-bond acceptors (Lipinski definition) is 3. The van der Waals surface area contributed by atoms with Crippen LogP contribution in [0.4, 0.5) is 5.00 Å². The van der Waals surface area contributed by atoms with Crippen LogP contribution >= 0.6 is 34.5 Å². The van der Waals surface area contributed by atoms with Crippen LogP contribution in [0.25, 0.3) is 0 Å².